The Morgan fingerprint density at radius 3 is 2.43 bits per heavy atom. The molecule has 0 aliphatic rings. The van der Waals surface area contributed by atoms with Crippen molar-refractivity contribution in [2.45, 2.75) is 6.92 Å². The number of hydrogen-bond donors (Lipinski definition) is 2. The minimum Gasteiger partial charge on any atom is -0.480 e. The summed E-state index contributed by atoms with van der Waals surface area (Å²) in [4.78, 5) is 35.5. The second-order valence-corrected chi connectivity index (χ2v) is 4.51. The molecule has 0 atom stereocenters. The molecule has 0 saturated heterocycles. The fourth-order valence-electron chi connectivity index (χ4n) is 1.65. The zero-order valence-electron chi connectivity index (χ0n) is 11.8. The summed E-state index contributed by atoms with van der Waals surface area (Å²) in [6.07, 6.45) is 1.43. The maximum atomic E-state index is 11.9. The van der Waals surface area contributed by atoms with Gasteiger partial charge in [-0.3, -0.25) is 14.4 Å². The SMILES string of the molecule is C=CCN(CC(=O)O)C(=O)CNC(=O)c1ccc(C)cc1. The van der Waals surface area contributed by atoms with E-state index in [0.717, 1.165) is 10.5 Å². The first-order valence-electron chi connectivity index (χ1n) is 6.39. The topological polar surface area (TPSA) is 86.7 Å². The van der Waals surface area contributed by atoms with Crippen molar-refractivity contribution in [2.24, 2.45) is 0 Å². The van der Waals surface area contributed by atoms with Crippen molar-refractivity contribution in [1.29, 1.82) is 0 Å². The van der Waals surface area contributed by atoms with Crippen molar-refractivity contribution in [3.05, 3.63) is 48.0 Å². The van der Waals surface area contributed by atoms with Crippen LogP contribution in [-0.4, -0.2) is 47.4 Å². The Labute approximate surface area is 123 Å². The molecule has 0 spiro atoms. The smallest absolute Gasteiger partial charge is 0.323 e. The summed E-state index contributed by atoms with van der Waals surface area (Å²) in [6, 6.07) is 6.91. The van der Waals surface area contributed by atoms with Crippen LogP contribution in [0.2, 0.25) is 0 Å². The molecule has 0 aromatic heterocycles. The van der Waals surface area contributed by atoms with Crippen LogP contribution in [0.25, 0.3) is 0 Å². The van der Waals surface area contributed by atoms with Gasteiger partial charge in [0.05, 0.1) is 6.54 Å². The highest BCUT2D eigenvalue weighted by atomic mass is 16.4. The zero-order valence-corrected chi connectivity index (χ0v) is 11.8. The Kier molecular flexibility index (Phi) is 6.13. The predicted octanol–water partition coefficient (Wildman–Crippen LogP) is 0.824. The van der Waals surface area contributed by atoms with Gasteiger partial charge in [-0.25, -0.2) is 0 Å². The first-order valence-corrected chi connectivity index (χ1v) is 6.39. The summed E-state index contributed by atoms with van der Waals surface area (Å²) in [5.74, 6) is -1.97. The molecule has 0 fully saturated rings. The summed E-state index contributed by atoms with van der Waals surface area (Å²) in [7, 11) is 0. The van der Waals surface area contributed by atoms with Crippen LogP contribution in [0.3, 0.4) is 0 Å². The summed E-state index contributed by atoms with van der Waals surface area (Å²) in [6.45, 7) is 4.81. The quantitative estimate of drug-likeness (QED) is 0.728. The molecule has 0 aliphatic heterocycles. The Morgan fingerprint density at radius 1 is 1.29 bits per heavy atom. The van der Waals surface area contributed by atoms with E-state index in [4.69, 9.17) is 5.11 Å². The number of aliphatic carboxylic acids is 1. The van der Waals surface area contributed by atoms with Crippen LogP contribution in [0.5, 0.6) is 0 Å². The Hall–Kier alpha value is -2.63. The molecule has 112 valence electrons. The lowest BCUT2D eigenvalue weighted by Crippen LogP contribution is -2.42. The van der Waals surface area contributed by atoms with E-state index in [1.807, 2.05) is 6.92 Å². The number of carboxylic acids is 1. The number of carboxylic acid groups (broad SMARTS) is 1. The van der Waals surface area contributed by atoms with Gasteiger partial charge in [0.2, 0.25) is 5.91 Å². The van der Waals surface area contributed by atoms with Crippen LogP contribution in [-0.2, 0) is 9.59 Å². The normalized spacial score (nSPS) is 9.76. The molecule has 1 rings (SSSR count). The number of nitrogens with zero attached hydrogens (tertiary/aromatic N) is 1. The maximum Gasteiger partial charge on any atom is 0.323 e. The fraction of sp³-hybridized carbons (Fsp3) is 0.267. The van der Waals surface area contributed by atoms with Gasteiger partial charge < -0.3 is 15.3 Å². The van der Waals surface area contributed by atoms with E-state index in [1.54, 1.807) is 24.3 Å². The highest BCUT2D eigenvalue weighted by Crippen LogP contribution is 2.02. The van der Waals surface area contributed by atoms with E-state index in [1.165, 1.54) is 6.08 Å². The van der Waals surface area contributed by atoms with Gasteiger partial charge in [-0.15, -0.1) is 6.58 Å². The number of hydrogen-bond acceptors (Lipinski definition) is 3. The van der Waals surface area contributed by atoms with Gasteiger partial charge >= 0.3 is 5.97 Å². The van der Waals surface area contributed by atoms with Crippen molar-refractivity contribution < 1.29 is 19.5 Å². The third-order valence-electron chi connectivity index (χ3n) is 2.74. The Balaban J connectivity index is 2.57. The summed E-state index contributed by atoms with van der Waals surface area (Å²) in [5.41, 5.74) is 1.48. The molecule has 0 bridgehead atoms. The number of carbonyl (C=O) groups excluding carboxylic acids is 2. The molecular formula is C15H18N2O4. The van der Waals surface area contributed by atoms with Crippen molar-refractivity contribution >= 4 is 17.8 Å². The molecule has 0 unspecified atom stereocenters. The minimum absolute atomic E-state index is 0.117. The molecule has 21 heavy (non-hydrogen) atoms. The molecule has 0 saturated carbocycles. The average molecular weight is 290 g/mol. The van der Waals surface area contributed by atoms with Crippen molar-refractivity contribution in [2.75, 3.05) is 19.6 Å². The van der Waals surface area contributed by atoms with Gasteiger partial charge in [-0.05, 0) is 19.1 Å². The van der Waals surface area contributed by atoms with Gasteiger partial charge in [0.1, 0.15) is 6.54 Å². The van der Waals surface area contributed by atoms with E-state index in [2.05, 4.69) is 11.9 Å². The first-order chi connectivity index (χ1) is 9.93. The lowest BCUT2D eigenvalue weighted by Gasteiger charge is -2.19. The largest absolute Gasteiger partial charge is 0.480 e. The van der Waals surface area contributed by atoms with Gasteiger partial charge in [0.25, 0.3) is 5.91 Å². The molecule has 0 heterocycles. The minimum atomic E-state index is -1.12. The third-order valence-corrected chi connectivity index (χ3v) is 2.74. The average Bonchev–Trinajstić information content (AvgIpc) is 2.44. The molecular weight excluding hydrogens is 272 g/mol. The second-order valence-electron chi connectivity index (χ2n) is 4.51. The number of rotatable bonds is 7. The highest BCUT2D eigenvalue weighted by Gasteiger charge is 2.16. The van der Waals surface area contributed by atoms with E-state index in [-0.39, 0.29) is 19.0 Å². The van der Waals surface area contributed by atoms with Gasteiger partial charge in [-0.2, -0.15) is 0 Å². The van der Waals surface area contributed by atoms with E-state index in [9.17, 15) is 14.4 Å². The van der Waals surface area contributed by atoms with Gasteiger partial charge in [0.15, 0.2) is 0 Å². The summed E-state index contributed by atoms with van der Waals surface area (Å²) >= 11 is 0. The van der Waals surface area contributed by atoms with Crippen LogP contribution < -0.4 is 5.32 Å². The van der Waals surface area contributed by atoms with Gasteiger partial charge in [0, 0.05) is 12.1 Å². The predicted molar refractivity (Wildman–Crippen MR) is 77.9 cm³/mol. The number of aryl methyl sites for hydroxylation is 1. The van der Waals surface area contributed by atoms with E-state index >= 15 is 0 Å². The van der Waals surface area contributed by atoms with Crippen molar-refractivity contribution in [3.63, 3.8) is 0 Å². The van der Waals surface area contributed by atoms with Crippen molar-refractivity contribution in [1.82, 2.24) is 10.2 Å². The highest BCUT2D eigenvalue weighted by molar-refractivity contribution is 5.96. The number of carbonyl (C=O) groups is 3. The number of nitrogens with one attached hydrogen (secondary N) is 1. The lowest BCUT2D eigenvalue weighted by atomic mass is 10.1. The number of benzene rings is 1. The van der Waals surface area contributed by atoms with Crippen LogP contribution in [0, 0.1) is 6.92 Å². The van der Waals surface area contributed by atoms with E-state index < -0.39 is 18.4 Å². The third kappa shape index (κ3) is 5.48. The molecule has 6 nitrogen and oxygen atoms in total. The van der Waals surface area contributed by atoms with Crippen LogP contribution in [0.4, 0.5) is 0 Å². The zero-order chi connectivity index (χ0) is 15.8. The standard InChI is InChI=1S/C15H18N2O4/c1-3-8-17(10-14(19)20)13(18)9-16-15(21)12-6-4-11(2)5-7-12/h3-7H,1,8-10H2,2H3,(H,16,21)(H,19,20). The molecule has 6 heteroatoms. The second kappa shape index (κ2) is 7.84. The molecule has 1 aromatic rings. The van der Waals surface area contributed by atoms with Crippen LogP contribution in [0.1, 0.15) is 15.9 Å². The molecule has 0 radical (unpaired) electrons. The molecule has 1 aromatic carbocycles. The van der Waals surface area contributed by atoms with Crippen LogP contribution in [0.15, 0.2) is 36.9 Å². The fourth-order valence-corrected chi connectivity index (χ4v) is 1.65. The number of amides is 2. The monoisotopic (exact) mass is 290 g/mol. The Morgan fingerprint density at radius 2 is 1.90 bits per heavy atom. The summed E-state index contributed by atoms with van der Waals surface area (Å²) < 4.78 is 0. The summed E-state index contributed by atoms with van der Waals surface area (Å²) in [5, 5.41) is 11.2. The first kappa shape index (κ1) is 16.4. The molecule has 2 amide bonds. The lowest BCUT2D eigenvalue weighted by molar-refractivity contribution is -0.143. The van der Waals surface area contributed by atoms with Gasteiger partial charge in [-0.1, -0.05) is 23.8 Å². The van der Waals surface area contributed by atoms with Crippen LogP contribution >= 0.6 is 0 Å². The molecule has 2 N–H and O–H groups in total. The maximum absolute atomic E-state index is 11.9. The van der Waals surface area contributed by atoms with E-state index in [0.29, 0.717) is 5.56 Å². The van der Waals surface area contributed by atoms with Crippen molar-refractivity contribution in [3.8, 4) is 0 Å². The molecule has 0 aliphatic carbocycles. The Bertz CT molecular complexity index is 537.